The largest absolute Gasteiger partial charge is 0.339 e. The summed E-state index contributed by atoms with van der Waals surface area (Å²) in [5, 5.41) is 0.00754. The number of amides is 1. The molecule has 1 heterocycles. The smallest absolute Gasteiger partial charge is 0.258 e. The second-order valence-electron chi connectivity index (χ2n) is 4.88. The fourth-order valence-electron chi connectivity index (χ4n) is 2.35. The van der Waals surface area contributed by atoms with Gasteiger partial charge in [0.1, 0.15) is 0 Å². The van der Waals surface area contributed by atoms with Crippen LogP contribution in [0, 0.1) is 18.6 Å². The number of halogens is 3. The lowest BCUT2D eigenvalue weighted by Crippen LogP contribution is -2.33. The molecule has 19 heavy (non-hydrogen) atoms. The van der Waals surface area contributed by atoms with Crippen LogP contribution in [-0.4, -0.2) is 23.9 Å². The van der Waals surface area contributed by atoms with Gasteiger partial charge >= 0.3 is 0 Å². The highest BCUT2D eigenvalue weighted by Gasteiger charge is 2.26. The zero-order valence-electron chi connectivity index (χ0n) is 10.8. The van der Waals surface area contributed by atoms with Gasteiger partial charge in [-0.1, -0.05) is 24.4 Å². The second-order valence-corrected chi connectivity index (χ2v) is 5.26. The van der Waals surface area contributed by atoms with Crippen LogP contribution >= 0.6 is 11.6 Å². The van der Waals surface area contributed by atoms with E-state index < -0.39 is 17.5 Å². The van der Waals surface area contributed by atoms with Gasteiger partial charge in [0.2, 0.25) is 0 Å². The minimum Gasteiger partial charge on any atom is -0.339 e. The maximum Gasteiger partial charge on any atom is 0.258 e. The predicted octanol–water partition coefficient (Wildman–Crippen LogP) is 3.94. The van der Waals surface area contributed by atoms with Crippen molar-refractivity contribution in [1.82, 2.24) is 4.90 Å². The molecular weight excluding hydrogens is 272 g/mol. The minimum atomic E-state index is -1.15. The molecule has 104 valence electrons. The first kappa shape index (κ1) is 14.3. The molecule has 1 saturated heterocycles. The van der Waals surface area contributed by atoms with Crippen molar-refractivity contribution in [2.45, 2.75) is 32.6 Å². The third-order valence-electron chi connectivity index (χ3n) is 3.45. The molecule has 0 atom stereocenters. The van der Waals surface area contributed by atoms with E-state index in [1.807, 2.05) is 0 Å². The Hall–Kier alpha value is -1.16. The molecular formula is C14H16ClF2NO. The molecule has 2 rings (SSSR count). The third kappa shape index (κ3) is 2.89. The molecule has 1 fully saturated rings. The standard InChI is InChI=1S/C14H16ClF2NO/c1-9-8-10(16)13(17)11(12(9)15)14(19)18-6-4-2-3-5-7-18/h8H,2-7H2,1H3. The fraction of sp³-hybridized carbons (Fsp3) is 0.500. The van der Waals surface area contributed by atoms with Crippen molar-refractivity contribution >= 4 is 17.5 Å². The van der Waals surface area contributed by atoms with E-state index in [2.05, 4.69) is 0 Å². The summed E-state index contributed by atoms with van der Waals surface area (Å²) in [5.74, 6) is -2.68. The molecule has 1 aliphatic rings. The average Bonchev–Trinajstić information content (AvgIpc) is 2.65. The number of nitrogens with zero attached hydrogens (tertiary/aromatic N) is 1. The SMILES string of the molecule is Cc1cc(F)c(F)c(C(=O)N2CCCCCC2)c1Cl. The van der Waals surface area contributed by atoms with Gasteiger partial charge in [0, 0.05) is 13.1 Å². The Morgan fingerprint density at radius 1 is 1.21 bits per heavy atom. The van der Waals surface area contributed by atoms with Gasteiger partial charge in [-0.2, -0.15) is 0 Å². The van der Waals surface area contributed by atoms with E-state index in [-0.39, 0.29) is 10.6 Å². The molecule has 1 aromatic rings. The molecule has 0 aliphatic carbocycles. The predicted molar refractivity (Wildman–Crippen MR) is 70.5 cm³/mol. The Bertz CT molecular complexity index is 470. The Kier molecular flexibility index (Phi) is 4.40. The molecule has 0 saturated carbocycles. The molecule has 1 amide bonds. The summed E-state index contributed by atoms with van der Waals surface area (Å²) in [6, 6.07) is 1.01. The second kappa shape index (κ2) is 5.87. The van der Waals surface area contributed by atoms with Gasteiger partial charge in [0.15, 0.2) is 11.6 Å². The maximum atomic E-state index is 13.8. The topological polar surface area (TPSA) is 20.3 Å². The molecule has 0 spiro atoms. The normalized spacial score (nSPS) is 16.3. The number of carbonyl (C=O) groups is 1. The molecule has 1 aliphatic heterocycles. The quantitative estimate of drug-likeness (QED) is 0.716. The zero-order chi connectivity index (χ0) is 14.0. The van der Waals surface area contributed by atoms with Crippen LogP contribution in [0.15, 0.2) is 6.07 Å². The summed E-state index contributed by atoms with van der Waals surface area (Å²) in [7, 11) is 0. The lowest BCUT2D eigenvalue weighted by molar-refractivity contribution is 0.0756. The number of carbonyl (C=O) groups excluding carboxylic acids is 1. The van der Waals surface area contributed by atoms with Crippen LogP contribution in [0.3, 0.4) is 0 Å². The van der Waals surface area contributed by atoms with Crippen molar-refractivity contribution in [1.29, 1.82) is 0 Å². The van der Waals surface area contributed by atoms with Crippen LogP contribution in [0.4, 0.5) is 8.78 Å². The first-order valence-electron chi connectivity index (χ1n) is 6.45. The Balaban J connectivity index is 2.37. The molecule has 0 aromatic heterocycles. The maximum absolute atomic E-state index is 13.8. The van der Waals surface area contributed by atoms with Gasteiger partial charge in [-0.15, -0.1) is 0 Å². The van der Waals surface area contributed by atoms with E-state index in [0.29, 0.717) is 18.7 Å². The van der Waals surface area contributed by atoms with E-state index in [4.69, 9.17) is 11.6 Å². The van der Waals surface area contributed by atoms with Crippen molar-refractivity contribution < 1.29 is 13.6 Å². The van der Waals surface area contributed by atoms with Gasteiger partial charge in [-0.3, -0.25) is 4.79 Å². The number of aryl methyl sites for hydroxylation is 1. The highest BCUT2D eigenvalue weighted by Crippen LogP contribution is 2.27. The van der Waals surface area contributed by atoms with Gasteiger partial charge in [0.05, 0.1) is 10.6 Å². The molecule has 2 nitrogen and oxygen atoms in total. The monoisotopic (exact) mass is 287 g/mol. The number of likely N-dealkylation sites (tertiary alicyclic amines) is 1. The van der Waals surface area contributed by atoms with E-state index in [9.17, 15) is 13.6 Å². The van der Waals surface area contributed by atoms with Gasteiger partial charge in [-0.05, 0) is 31.4 Å². The molecule has 0 N–H and O–H groups in total. The highest BCUT2D eigenvalue weighted by atomic mass is 35.5. The lowest BCUT2D eigenvalue weighted by Gasteiger charge is -2.21. The van der Waals surface area contributed by atoms with Gasteiger partial charge < -0.3 is 4.90 Å². The van der Waals surface area contributed by atoms with E-state index in [1.165, 1.54) is 0 Å². The van der Waals surface area contributed by atoms with Crippen LogP contribution in [0.5, 0.6) is 0 Å². The van der Waals surface area contributed by atoms with Crippen molar-refractivity contribution in [2.24, 2.45) is 0 Å². The molecule has 1 aromatic carbocycles. The first-order valence-corrected chi connectivity index (χ1v) is 6.83. The summed E-state index contributed by atoms with van der Waals surface area (Å²) in [5.41, 5.74) is 0.0415. The Morgan fingerprint density at radius 3 is 2.37 bits per heavy atom. The Morgan fingerprint density at radius 2 is 1.79 bits per heavy atom. The number of benzene rings is 1. The van der Waals surface area contributed by atoms with Crippen LogP contribution in [-0.2, 0) is 0 Å². The highest BCUT2D eigenvalue weighted by molar-refractivity contribution is 6.34. The summed E-state index contributed by atoms with van der Waals surface area (Å²) >= 11 is 5.97. The van der Waals surface area contributed by atoms with Gasteiger partial charge in [-0.25, -0.2) is 8.78 Å². The molecule has 5 heteroatoms. The molecule has 0 bridgehead atoms. The zero-order valence-corrected chi connectivity index (χ0v) is 11.6. The fourth-order valence-corrected chi connectivity index (χ4v) is 2.57. The van der Waals surface area contributed by atoms with Crippen molar-refractivity contribution in [3.63, 3.8) is 0 Å². The number of hydrogen-bond acceptors (Lipinski definition) is 1. The van der Waals surface area contributed by atoms with E-state index in [0.717, 1.165) is 31.7 Å². The van der Waals surface area contributed by atoms with Crippen LogP contribution in [0.25, 0.3) is 0 Å². The third-order valence-corrected chi connectivity index (χ3v) is 3.93. The first-order chi connectivity index (χ1) is 9.02. The summed E-state index contributed by atoms with van der Waals surface area (Å²) in [6.45, 7) is 2.71. The van der Waals surface area contributed by atoms with Crippen LogP contribution in [0.1, 0.15) is 41.6 Å². The lowest BCUT2D eigenvalue weighted by atomic mass is 10.1. The van der Waals surface area contributed by atoms with Crippen molar-refractivity contribution in [3.05, 3.63) is 33.9 Å². The number of hydrogen-bond donors (Lipinski definition) is 0. The molecule has 0 radical (unpaired) electrons. The van der Waals surface area contributed by atoms with E-state index >= 15 is 0 Å². The van der Waals surface area contributed by atoms with E-state index in [1.54, 1.807) is 11.8 Å². The summed E-state index contributed by atoms with van der Waals surface area (Å²) < 4.78 is 27.3. The van der Waals surface area contributed by atoms with Crippen molar-refractivity contribution in [2.75, 3.05) is 13.1 Å². The van der Waals surface area contributed by atoms with Crippen LogP contribution in [0.2, 0.25) is 5.02 Å². The molecule has 0 unspecified atom stereocenters. The summed E-state index contributed by atoms with van der Waals surface area (Å²) in [4.78, 5) is 13.9. The Labute approximate surface area is 116 Å². The van der Waals surface area contributed by atoms with Crippen LogP contribution < -0.4 is 0 Å². The number of rotatable bonds is 1. The minimum absolute atomic E-state index is 0.00754. The summed E-state index contributed by atoms with van der Waals surface area (Å²) in [6.07, 6.45) is 3.89. The van der Waals surface area contributed by atoms with Gasteiger partial charge in [0.25, 0.3) is 5.91 Å². The average molecular weight is 288 g/mol. The van der Waals surface area contributed by atoms with Crippen molar-refractivity contribution in [3.8, 4) is 0 Å².